The topological polar surface area (TPSA) is 27.7 Å². The highest BCUT2D eigenvalue weighted by atomic mass is 35.5. The first-order valence-electron chi connectivity index (χ1n) is 7.80. The van der Waals surface area contributed by atoms with Crippen LogP contribution in [0.15, 0.2) is 0 Å². The van der Waals surface area contributed by atoms with Crippen LogP contribution in [0.2, 0.25) is 6.04 Å². The normalized spacial score (nSPS) is 12.3. The Morgan fingerprint density at radius 2 is 1.10 bits per heavy atom. The highest BCUT2D eigenvalue weighted by Crippen LogP contribution is 2.24. The Bertz CT molecular complexity index is 192. The summed E-state index contributed by atoms with van der Waals surface area (Å²) in [5.41, 5.74) is 0. The largest absolute Gasteiger partial charge is 0.503 e. The van der Waals surface area contributed by atoms with E-state index in [9.17, 15) is 0 Å². The average molecular weight is 345 g/mol. The van der Waals surface area contributed by atoms with Gasteiger partial charge in [0.05, 0.1) is 0 Å². The second kappa shape index (κ2) is 13.3. The Kier molecular flexibility index (Phi) is 13.8. The van der Waals surface area contributed by atoms with Crippen LogP contribution >= 0.6 is 23.2 Å². The van der Waals surface area contributed by atoms with Gasteiger partial charge < -0.3 is 13.3 Å². The summed E-state index contributed by atoms with van der Waals surface area (Å²) >= 11 is 11.9. The van der Waals surface area contributed by atoms with E-state index in [0.717, 1.165) is 38.5 Å². The van der Waals surface area contributed by atoms with Gasteiger partial charge in [-0.2, -0.15) is 0 Å². The molecule has 0 bridgehead atoms. The van der Waals surface area contributed by atoms with E-state index < -0.39 is 13.6 Å². The van der Waals surface area contributed by atoms with E-state index in [0.29, 0.717) is 25.9 Å². The molecule has 0 rings (SSSR count). The van der Waals surface area contributed by atoms with E-state index in [1.807, 2.05) is 0 Å². The lowest BCUT2D eigenvalue weighted by molar-refractivity contribution is 0.0571. The summed E-state index contributed by atoms with van der Waals surface area (Å²) in [6.45, 7) is 8.36. The molecule has 3 nitrogen and oxygen atoms in total. The molecule has 0 saturated carbocycles. The van der Waals surface area contributed by atoms with Gasteiger partial charge in [-0.15, -0.1) is 23.2 Å². The number of rotatable bonds is 14. The summed E-state index contributed by atoms with van der Waals surface area (Å²) in [5, 5.41) is 0. The van der Waals surface area contributed by atoms with Crippen LogP contribution in [0.3, 0.4) is 0 Å². The van der Waals surface area contributed by atoms with E-state index in [-0.39, 0.29) is 0 Å². The maximum absolute atomic E-state index is 6.00. The zero-order chi connectivity index (χ0) is 15.3. The highest BCUT2D eigenvalue weighted by Gasteiger charge is 2.42. The van der Waals surface area contributed by atoms with Crippen LogP contribution in [-0.4, -0.2) is 33.5 Å². The van der Waals surface area contributed by atoms with Crippen molar-refractivity contribution in [3.05, 3.63) is 0 Å². The maximum atomic E-state index is 6.00. The molecule has 0 aliphatic heterocycles. The molecule has 0 fully saturated rings. The second-order valence-electron chi connectivity index (χ2n) is 4.88. The Balaban J connectivity index is 4.57. The first-order chi connectivity index (χ1) is 9.60. The number of halogens is 2. The molecule has 0 aromatic rings. The molecule has 0 atom stereocenters. The molecule has 0 aliphatic rings. The van der Waals surface area contributed by atoms with Crippen LogP contribution < -0.4 is 0 Å². The van der Waals surface area contributed by atoms with Gasteiger partial charge in [0.2, 0.25) is 0 Å². The van der Waals surface area contributed by atoms with Gasteiger partial charge in [0, 0.05) is 25.9 Å². The van der Waals surface area contributed by atoms with Crippen LogP contribution in [0.1, 0.15) is 59.3 Å². The minimum absolute atomic E-state index is 0.466. The zero-order valence-electron chi connectivity index (χ0n) is 13.1. The predicted molar refractivity (Wildman–Crippen MR) is 88.6 cm³/mol. The minimum atomic E-state index is -2.73. The summed E-state index contributed by atoms with van der Waals surface area (Å²) in [7, 11) is -2.73. The molecule has 0 amide bonds. The molecule has 0 heterocycles. The fourth-order valence-electron chi connectivity index (χ4n) is 1.61. The SMILES string of the molecule is CCCCO[Si](CC(Cl)Cl)(OCCCC)OCCCC. The van der Waals surface area contributed by atoms with Gasteiger partial charge in [0.15, 0.2) is 0 Å². The first-order valence-corrected chi connectivity index (χ1v) is 10.6. The van der Waals surface area contributed by atoms with Crippen LogP contribution in [0.4, 0.5) is 0 Å². The fourth-order valence-corrected chi connectivity index (χ4v) is 5.09. The molecule has 0 unspecified atom stereocenters. The van der Waals surface area contributed by atoms with E-state index in [1.165, 1.54) is 0 Å². The van der Waals surface area contributed by atoms with Crippen molar-refractivity contribution in [2.75, 3.05) is 19.8 Å². The molecule has 0 aromatic heterocycles. The summed E-state index contributed by atoms with van der Waals surface area (Å²) in [6.07, 6.45) is 6.24. The van der Waals surface area contributed by atoms with Crippen LogP contribution in [-0.2, 0) is 13.3 Å². The monoisotopic (exact) mass is 344 g/mol. The Hall–Kier alpha value is 0.677. The standard InChI is InChI=1S/C14H30Cl2O3Si/c1-4-7-10-17-20(13-14(15)16,18-11-8-5-2)19-12-9-6-3/h14H,4-13H2,1-3H3. The van der Waals surface area contributed by atoms with E-state index in [2.05, 4.69) is 20.8 Å². The molecule has 0 aromatic carbocycles. The van der Waals surface area contributed by atoms with Crippen molar-refractivity contribution in [2.45, 2.75) is 70.2 Å². The molecular formula is C14H30Cl2O3Si. The van der Waals surface area contributed by atoms with Crippen LogP contribution in [0, 0.1) is 0 Å². The molecule has 0 spiro atoms. The van der Waals surface area contributed by atoms with Crippen molar-refractivity contribution in [2.24, 2.45) is 0 Å². The summed E-state index contributed by atoms with van der Waals surface area (Å²) in [6, 6.07) is 0.466. The van der Waals surface area contributed by atoms with Gasteiger partial charge in [-0.3, -0.25) is 0 Å². The third-order valence-electron chi connectivity index (χ3n) is 2.86. The molecule has 0 radical (unpaired) electrons. The third-order valence-corrected chi connectivity index (χ3v) is 6.53. The highest BCUT2D eigenvalue weighted by molar-refractivity contribution is 6.64. The van der Waals surface area contributed by atoms with Gasteiger partial charge in [-0.05, 0) is 19.3 Å². The summed E-state index contributed by atoms with van der Waals surface area (Å²) in [5.74, 6) is 0. The van der Waals surface area contributed by atoms with Gasteiger partial charge in [-0.25, -0.2) is 0 Å². The fraction of sp³-hybridized carbons (Fsp3) is 1.00. The van der Waals surface area contributed by atoms with Gasteiger partial charge in [-0.1, -0.05) is 40.0 Å². The Morgan fingerprint density at radius 3 is 1.35 bits per heavy atom. The van der Waals surface area contributed by atoms with Gasteiger partial charge in [0.1, 0.15) is 4.84 Å². The molecular weight excluding hydrogens is 315 g/mol. The van der Waals surface area contributed by atoms with Gasteiger partial charge >= 0.3 is 8.80 Å². The first kappa shape index (κ1) is 20.7. The number of hydrogen-bond donors (Lipinski definition) is 0. The maximum Gasteiger partial charge on any atom is 0.503 e. The molecule has 0 N–H and O–H groups in total. The lowest BCUT2D eigenvalue weighted by Crippen LogP contribution is -2.48. The summed E-state index contributed by atoms with van der Waals surface area (Å²) in [4.78, 5) is -0.508. The lowest BCUT2D eigenvalue weighted by Gasteiger charge is -2.30. The molecule has 6 heteroatoms. The van der Waals surface area contributed by atoms with Crippen LogP contribution in [0.5, 0.6) is 0 Å². The second-order valence-corrected chi connectivity index (χ2v) is 8.80. The summed E-state index contributed by atoms with van der Waals surface area (Å²) < 4.78 is 18.0. The quantitative estimate of drug-likeness (QED) is 0.247. The lowest BCUT2D eigenvalue weighted by atomic mass is 10.4. The van der Waals surface area contributed by atoms with E-state index in [1.54, 1.807) is 0 Å². The van der Waals surface area contributed by atoms with Crippen molar-refractivity contribution in [1.29, 1.82) is 0 Å². The van der Waals surface area contributed by atoms with E-state index in [4.69, 9.17) is 36.5 Å². The number of unbranched alkanes of at least 4 members (excludes halogenated alkanes) is 3. The molecule has 0 aliphatic carbocycles. The van der Waals surface area contributed by atoms with Crippen molar-refractivity contribution in [3.8, 4) is 0 Å². The average Bonchev–Trinajstić information content (AvgIpc) is 2.39. The zero-order valence-corrected chi connectivity index (χ0v) is 15.6. The number of alkyl halides is 2. The predicted octanol–water partition coefficient (Wildman–Crippen LogP) is 5.18. The Morgan fingerprint density at radius 1 is 0.750 bits per heavy atom. The molecule has 122 valence electrons. The van der Waals surface area contributed by atoms with Crippen molar-refractivity contribution in [1.82, 2.24) is 0 Å². The Labute approximate surface area is 135 Å². The van der Waals surface area contributed by atoms with E-state index >= 15 is 0 Å². The van der Waals surface area contributed by atoms with Crippen LogP contribution in [0.25, 0.3) is 0 Å². The molecule has 0 saturated heterocycles. The molecule has 20 heavy (non-hydrogen) atoms. The smallest absolute Gasteiger partial charge is 0.373 e. The minimum Gasteiger partial charge on any atom is -0.373 e. The number of hydrogen-bond acceptors (Lipinski definition) is 3. The van der Waals surface area contributed by atoms with Crippen molar-refractivity contribution >= 4 is 32.0 Å². The van der Waals surface area contributed by atoms with Crippen molar-refractivity contribution in [3.63, 3.8) is 0 Å². The van der Waals surface area contributed by atoms with Gasteiger partial charge in [0.25, 0.3) is 0 Å². The third kappa shape index (κ3) is 10.4. The van der Waals surface area contributed by atoms with Crippen molar-refractivity contribution < 1.29 is 13.3 Å².